The molecule has 2 unspecified atom stereocenters. The predicted molar refractivity (Wildman–Crippen MR) is 238 cm³/mol. The fourth-order valence-electron chi connectivity index (χ4n) is 9.29. The lowest BCUT2D eigenvalue weighted by Gasteiger charge is -2.33. The zero-order valence-electron chi connectivity index (χ0n) is 35.8. The number of rotatable bonds is 13. The van der Waals surface area contributed by atoms with Crippen molar-refractivity contribution in [3.05, 3.63) is 96.3 Å². The van der Waals surface area contributed by atoms with E-state index in [2.05, 4.69) is 81.0 Å². The molecule has 0 saturated carbocycles. The van der Waals surface area contributed by atoms with Crippen LogP contribution in [0.4, 0.5) is 0 Å². The van der Waals surface area contributed by atoms with Gasteiger partial charge in [-0.25, -0.2) is 9.97 Å². The summed E-state index contributed by atoms with van der Waals surface area (Å²) in [6.07, 6.45) is 7.08. The third-order valence-electron chi connectivity index (χ3n) is 12.9. The standard InChI is InChI=1S/C48H59N9O4/c1-6-20-60-33-11-7-10-31(22-33)48-57-37-17-15-29(35-25-51-44(53-35)38-12-8-18-55(38)46(58)42(49)27(2)3)21-32(37)23-40(57)34-16-14-30(24-41(34)61-48)36-26-52-45(54-36)39-13-9-19-56(39)47(59)43(50)28(4)5/h7,10-11,14-17,21-28,38-39,42-43,47-48,59H,6,8-9,12-13,18-20,49-50H2,1-5H3,(H,51,53)(H,52,54)/t38-,39-,42-,43-,47?,48?/m0/s1. The molecule has 13 nitrogen and oxygen atoms in total. The number of likely N-dealkylation sites (tertiary alicyclic amines) is 2. The van der Waals surface area contributed by atoms with Crippen LogP contribution < -0.4 is 20.9 Å². The number of carbonyl (C=O) groups is 1. The van der Waals surface area contributed by atoms with Gasteiger partial charge in [0.2, 0.25) is 12.1 Å². The number of imidazole rings is 2. The van der Waals surface area contributed by atoms with Gasteiger partial charge in [0.15, 0.2) is 0 Å². The molecule has 3 aromatic carbocycles. The normalized spacial score (nSPS) is 20.6. The van der Waals surface area contributed by atoms with Crippen molar-refractivity contribution in [2.75, 3.05) is 19.7 Å². The number of nitrogens with two attached hydrogens (primary N) is 2. The van der Waals surface area contributed by atoms with Gasteiger partial charge in [-0.3, -0.25) is 9.69 Å². The number of hydrogen-bond acceptors (Lipinski definition) is 9. The summed E-state index contributed by atoms with van der Waals surface area (Å²) in [5.74, 6) is 3.38. The summed E-state index contributed by atoms with van der Waals surface area (Å²) in [6, 6.07) is 22.2. The van der Waals surface area contributed by atoms with E-state index in [1.165, 1.54) is 0 Å². The van der Waals surface area contributed by atoms with E-state index < -0.39 is 18.5 Å². The van der Waals surface area contributed by atoms with Crippen molar-refractivity contribution in [2.24, 2.45) is 23.3 Å². The minimum Gasteiger partial charge on any atom is -0.494 e. The quantitative estimate of drug-likeness (QED) is 0.0775. The van der Waals surface area contributed by atoms with E-state index in [4.69, 9.17) is 30.9 Å². The molecule has 0 bridgehead atoms. The van der Waals surface area contributed by atoms with Crippen LogP contribution in [-0.4, -0.2) is 83.3 Å². The molecule has 3 aliphatic heterocycles. The third-order valence-corrected chi connectivity index (χ3v) is 12.9. The van der Waals surface area contributed by atoms with Crippen molar-refractivity contribution in [1.29, 1.82) is 0 Å². The van der Waals surface area contributed by atoms with Crippen molar-refractivity contribution >= 4 is 16.8 Å². The van der Waals surface area contributed by atoms with E-state index in [9.17, 15) is 9.90 Å². The number of nitrogens with zero attached hydrogens (tertiary/aromatic N) is 5. The Bertz CT molecular complexity index is 2520. The van der Waals surface area contributed by atoms with Gasteiger partial charge in [0.1, 0.15) is 29.4 Å². The Kier molecular flexibility index (Phi) is 11.2. The Morgan fingerprint density at radius 2 is 1.59 bits per heavy atom. The van der Waals surface area contributed by atoms with Crippen molar-refractivity contribution in [3.8, 4) is 45.3 Å². The van der Waals surface area contributed by atoms with Gasteiger partial charge in [-0.1, -0.05) is 58.9 Å². The van der Waals surface area contributed by atoms with Crippen molar-refractivity contribution in [2.45, 2.75) is 103 Å². The van der Waals surface area contributed by atoms with Crippen LogP contribution in [0.3, 0.4) is 0 Å². The second-order valence-corrected chi connectivity index (χ2v) is 17.7. The molecular weight excluding hydrogens is 767 g/mol. The highest BCUT2D eigenvalue weighted by Crippen LogP contribution is 2.46. The summed E-state index contributed by atoms with van der Waals surface area (Å²) < 4.78 is 15.4. The zero-order chi connectivity index (χ0) is 42.5. The number of aromatic nitrogens is 5. The molecular formula is C48H59N9O4. The second kappa shape index (κ2) is 16.8. The molecule has 0 radical (unpaired) electrons. The molecule has 61 heavy (non-hydrogen) atoms. The first-order valence-corrected chi connectivity index (χ1v) is 22.1. The number of fused-ring (bicyclic) bond motifs is 5. The molecule has 2 fully saturated rings. The summed E-state index contributed by atoms with van der Waals surface area (Å²) in [5, 5.41) is 12.2. The van der Waals surface area contributed by atoms with Crippen LogP contribution in [-0.2, 0) is 4.79 Å². The molecule has 3 aromatic heterocycles. The second-order valence-electron chi connectivity index (χ2n) is 17.7. The first kappa shape index (κ1) is 40.9. The molecule has 6 aromatic rings. The number of amides is 1. The first-order chi connectivity index (χ1) is 29.5. The maximum atomic E-state index is 13.3. The lowest BCUT2D eigenvalue weighted by Crippen LogP contribution is -2.50. The highest BCUT2D eigenvalue weighted by atomic mass is 16.5. The number of carbonyl (C=O) groups excluding carboxylic acids is 1. The van der Waals surface area contributed by atoms with E-state index in [1.54, 1.807) is 0 Å². The Balaban J connectivity index is 1.06. The molecule has 6 atom stereocenters. The Labute approximate surface area is 357 Å². The maximum absolute atomic E-state index is 13.3. The van der Waals surface area contributed by atoms with Crippen LogP contribution in [0.5, 0.6) is 11.5 Å². The van der Waals surface area contributed by atoms with Crippen molar-refractivity contribution in [3.63, 3.8) is 0 Å². The lowest BCUT2D eigenvalue weighted by molar-refractivity contribution is -0.134. The van der Waals surface area contributed by atoms with E-state index in [0.717, 1.165) is 112 Å². The van der Waals surface area contributed by atoms with Gasteiger partial charge in [0.25, 0.3) is 0 Å². The van der Waals surface area contributed by atoms with E-state index >= 15 is 0 Å². The van der Waals surface area contributed by atoms with Crippen molar-refractivity contribution in [1.82, 2.24) is 34.3 Å². The monoisotopic (exact) mass is 825 g/mol. The van der Waals surface area contributed by atoms with Gasteiger partial charge < -0.3 is 45.5 Å². The van der Waals surface area contributed by atoms with Crippen LogP contribution in [0, 0.1) is 11.8 Å². The molecule has 9 rings (SSSR count). The minimum atomic E-state index is -0.741. The fourth-order valence-corrected chi connectivity index (χ4v) is 9.29. The first-order valence-electron chi connectivity index (χ1n) is 22.1. The Morgan fingerprint density at radius 3 is 2.33 bits per heavy atom. The van der Waals surface area contributed by atoms with Crippen LogP contribution in [0.1, 0.15) is 102 Å². The Morgan fingerprint density at radius 1 is 0.885 bits per heavy atom. The van der Waals surface area contributed by atoms with Crippen molar-refractivity contribution < 1.29 is 19.4 Å². The number of aromatic amines is 2. The SMILES string of the molecule is CCCOc1cccc(C2Oc3cc(-c4cnc([C@@H]5CCCN5C(O)[C@@H](N)C(C)C)[nH]4)ccc3-c3cc4cc(-c5cnc([C@@H]6CCCN6C(=O)[C@@H](N)C(C)C)[nH]5)ccc4n32)c1. The van der Waals surface area contributed by atoms with Gasteiger partial charge in [0, 0.05) is 46.8 Å². The van der Waals surface area contributed by atoms with Crippen LogP contribution in [0.25, 0.3) is 44.7 Å². The molecule has 6 heterocycles. The van der Waals surface area contributed by atoms with Crippen LogP contribution >= 0.6 is 0 Å². The summed E-state index contributed by atoms with van der Waals surface area (Å²) in [6.45, 7) is 12.2. The summed E-state index contributed by atoms with van der Waals surface area (Å²) in [4.78, 5) is 34.1. The number of nitrogens with one attached hydrogen (secondary N) is 2. The largest absolute Gasteiger partial charge is 0.494 e. The molecule has 320 valence electrons. The maximum Gasteiger partial charge on any atom is 0.240 e. The van der Waals surface area contributed by atoms with Gasteiger partial charge in [-0.15, -0.1) is 0 Å². The molecule has 1 amide bonds. The van der Waals surface area contributed by atoms with Gasteiger partial charge in [-0.05, 0) is 86.4 Å². The molecule has 3 aliphatic rings. The molecule has 0 aliphatic carbocycles. The van der Waals surface area contributed by atoms with Crippen LogP contribution in [0.2, 0.25) is 0 Å². The highest BCUT2D eigenvalue weighted by molar-refractivity contribution is 5.92. The predicted octanol–water partition coefficient (Wildman–Crippen LogP) is 7.90. The summed E-state index contributed by atoms with van der Waals surface area (Å²) in [5.41, 5.74) is 20.5. The number of aliphatic hydroxyl groups is 1. The van der Waals surface area contributed by atoms with Gasteiger partial charge >= 0.3 is 0 Å². The van der Waals surface area contributed by atoms with Gasteiger partial charge in [-0.2, -0.15) is 0 Å². The third kappa shape index (κ3) is 7.62. The number of hydrogen-bond donors (Lipinski definition) is 5. The number of aliphatic hydroxyl groups excluding tert-OH is 1. The van der Waals surface area contributed by atoms with E-state index in [0.29, 0.717) is 13.2 Å². The highest BCUT2D eigenvalue weighted by Gasteiger charge is 2.38. The number of ether oxygens (including phenoxy) is 2. The number of benzene rings is 3. The lowest BCUT2D eigenvalue weighted by atomic mass is 10.0. The average molecular weight is 826 g/mol. The van der Waals surface area contributed by atoms with E-state index in [-0.39, 0.29) is 35.9 Å². The minimum absolute atomic E-state index is 0.0171. The molecule has 13 heteroatoms. The van der Waals surface area contributed by atoms with Crippen LogP contribution in [0.15, 0.2) is 79.1 Å². The topological polar surface area (TPSA) is 177 Å². The zero-order valence-corrected chi connectivity index (χ0v) is 35.8. The fraction of sp³-hybridized carbons (Fsp3) is 0.438. The molecule has 0 spiro atoms. The Hall–Kier alpha value is -5.47. The smallest absolute Gasteiger partial charge is 0.240 e. The average Bonchev–Trinajstić information content (AvgIpc) is 4.13. The summed E-state index contributed by atoms with van der Waals surface area (Å²) >= 11 is 0. The molecule has 2 saturated heterocycles. The number of H-pyrrole nitrogens is 2. The van der Waals surface area contributed by atoms with E-state index in [1.807, 2.05) is 57.1 Å². The molecule has 7 N–H and O–H groups in total. The van der Waals surface area contributed by atoms with Gasteiger partial charge in [0.05, 0.1) is 59.7 Å². The summed E-state index contributed by atoms with van der Waals surface area (Å²) in [7, 11) is 0.